The van der Waals surface area contributed by atoms with Gasteiger partial charge in [0.25, 0.3) is 0 Å². The molecule has 0 saturated carbocycles. The summed E-state index contributed by atoms with van der Waals surface area (Å²) < 4.78 is 0. The Kier molecular flexibility index (Phi) is 4.32. The molecule has 1 N–H and O–H groups in total. The standard InChI is InChI=1S/C11H13N3O2/c1-8(15)7-11(16)14-13-9(2)10-3-5-12-6-4-10/h3-6H,7H2,1-2H3,(H,14,16). The van der Waals surface area contributed by atoms with Gasteiger partial charge in [-0.25, -0.2) is 5.43 Å². The lowest BCUT2D eigenvalue weighted by molar-refractivity contribution is -0.127. The van der Waals surface area contributed by atoms with Gasteiger partial charge in [-0.1, -0.05) is 0 Å². The first-order valence-corrected chi connectivity index (χ1v) is 4.82. The van der Waals surface area contributed by atoms with Crippen molar-refractivity contribution < 1.29 is 9.59 Å². The van der Waals surface area contributed by atoms with Gasteiger partial charge in [-0.2, -0.15) is 5.10 Å². The van der Waals surface area contributed by atoms with Crippen molar-refractivity contribution in [3.05, 3.63) is 30.1 Å². The summed E-state index contributed by atoms with van der Waals surface area (Å²) in [6.45, 7) is 3.13. The van der Waals surface area contributed by atoms with E-state index in [0.29, 0.717) is 5.71 Å². The Hall–Kier alpha value is -2.04. The molecular weight excluding hydrogens is 206 g/mol. The fourth-order valence-electron chi connectivity index (χ4n) is 1.07. The maximum absolute atomic E-state index is 11.1. The lowest BCUT2D eigenvalue weighted by atomic mass is 10.2. The summed E-state index contributed by atoms with van der Waals surface area (Å²) in [5, 5.41) is 3.88. The molecular formula is C11H13N3O2. The number of rotatable bonds is 4. The van der Waals surface area contributed by atoms with E-state index in [0.717, 1.165) is 5.56 Å². The fourth-order valence-corrected chi connectivity index (χ4v) is 1.07. The first kappa shape index (κ1) is 12.0. The van der Waals surface area contributed by atoms with E-state index >= 15 is 0 Å². The molecule has 0 bridgehead atoms. The SMILES string of the molecule is CC(=O)CC(=O)NN=C(C)c1ccncc1. The Morgan fingerprint density at radius 1 is 1.31 bits per heavy atom. The first-order valence-electron chi connectivity index (χ1n) is 4.82. The number of nitrogens with zero attached hydrogens (tertiary/aromatic N) is 2. The highest BCUT2D eigenvalue weighted by atomic mass is 16.2. The summed E-state index contributed by atoms with van der Waals surface area (Å²) >= 11 is 0. The van der Waals surface area contributed by atoms with Crippen LogP contribution in [0.5, 0.6) is 0 Å². The number of carbonyl (C=O) groups is 2. The monoisotopic (exact) mass is 219 g/mol. The Morgan fingerprint density at radius 3 is 2.50 bits per heavy atom. The molecule has 0 aliphatic heterocycles. The van der Waals surface area contributed by atoms with Crippen molar-refractivity contribution in [2.45, 2.75) is 20.3 Å². The molecule has 0 aliphatic rings. The lowest BCUT2D eigenvalue weighted by Crippen LogP contribution is -2.21. The Balaban J connectivity index is 2.58. The predicted molar refractivity (Wildman–Crippen MR) is 59.9 cm³/mol. The summed E-state index contributed by atoms with van der Waals surface area (Å²) in [5.74, 6) is -0.588. The van der Waals surface area contributed by atoms with E-state index in [1.165, 1.54) is 6.92 Å². The molecule has 0 atom stereocenters. The molecule has 1 heterocycles. The van der Waals surface area contributed by atoms with Gasteiger partial charge in [0, 0.05) is 18.0 Å². The molecule has 16 heavy (non-hydrogen) atoms. The largest absolute Gasteiger partial charge is 0.299 e. The summed E-state index contributed by atoms with van der Waals surface area (Å²) in [4.78, 5) is 25.7. The molecule has 1 amide bonds. The summed E-state index contributed by atoms with van der Waals surface area (Å²) in [7, 11) is 0. The van der Waals surface area contributed by atoms with Crippen LogP contribution in [0.3, 0.4) is 0 Å². The van der Waals surface area contributed by atoms with Gasteiger partial charge in [-0.15, -0.1) is 0 Å². The van der Waals surface area contributed by atoms with E-state index < -0.39 is 5.91 Å². The van der Waals surface area contributed by atoms with Gasteiger partial charge >= 0.3 is 0 Å². The van der Waals surface area contributed by atoms with E-state index in [2.05, 4.69) is 15.5 Å². The van der Waals surface area contributed by atoms with Gasteiger partial charge in [0.15, 0.2) is 0 Å². The van der Waals surface area contributed by atoms with Crippen LogP contribution in [0.4, 0.5) is 0 Å². The fraction of sp³-hybridized carbons (Fsp3) is 0.273. The number of hydrogen-bond acceptors (Lipinski definition) is 4. The predicted octanol–water partition coefficient (Wildman–Crippen LogP) is 0.901. The average molecular weight is 219 g/mol. The maximum atomic E-state index is 11.1. The second-order valence-electron chi connectivity index (χ2n) is 3.35. The van der Waals surface area contributed by atoms with Crippen LogP contribution in [0, 0.1) is 0 Å². The number of pyridine rings is 1. The normalized spacial score (nSPS) is 11.0. The van der Waals surface area contributed by atoms with E-state index in [9.17, 15) is 9.59 Å². The van der Waals surface area contributed by atoms with E-state index in [-0.39, 0.29) is 12.2 Å². The Morgan fingerprint density at radius 2 is 1.94 bits per heavy atom. The maximum Gasteiger partial charge on any atom is 0.247 e. The van der Waals surface area contributed by atoms with E-state index in [1.807, 2.05) is 0 Å². The van der Waals surface area contributed by atoms with Gasteiger partial charge in [0.05, 0.1) is 12.1 Å². The molecule has 5 nitrogen and oxygen atoms in total. The van der Waals surface area contributed by atoms with Crippen LogP contribution in [0.1, 0.15) is 25.8 Å². The quantitative estimate of drug-likeness (QED) is 0.464. The van der Waals surface area contributed by atoms with Crippen LogP contribution in [-0.4, -0.2) is 22.4 Å². The van der Waals surface area contributed by atoms with Gasteiger partial charge in [0.1, 0.15) is 5.78 Å². The average Bonchev–Trinajstić information content (AvgIpc) is 2.26. The van der Waals surface area contributed by atoms with Crippen molar-refractivity contribution in [1.29, 1.82) is 0 Å². The highest BCUT2D eigenvalue weighted by Crippen LogP contribution is 1.97. The van der Waals surface area contributed by atoms with Crippen molar-refractivity contribution in [3.63, 3.8) is 0 Å². The van der Waals surface area contributed by atoms with Crippen LogP contribution in [-0.2, 0) is 9.59 Å². The second kappa shape index (κ2) is 5.75. The van der Waals surface area contributed by atoms with Gasteiger partial charge in [0.2, 0.25) is 5.91 Å². The number of carbonyl (C=O) groups excluding carboxylic acids is 2. The zero-order valence-corrected chi connectivity index (χ0v) is 9.23. The number of hydrogen-bond donors (Lipinski definition) is 1. The molecule has 5 heteroatoms. The summed E-state index contributed by atoms with van der Waals surface area (Å²) in [6, 6.07) is 3.58. The van der Waals surface area contributed by atoms with Crippen molar-refractivity contribution >= 4 is 17.4 Å². The number of hydrazone groups is 1. The van der Waals surface area contributed by atoms with Crippen LogP contribution in [0.25, 0.3) is 0 Å². The smallest absolute Gasteiger partial charge is 0.247 e. The lowest BCUT2D eigenvalue weighted by Gasteiger charge is -2.01. The molecule has 0 aliphatic carbocycles. The molecule has 0 spiro atoms. The van der Waals surface area contributed by atoms with Crippen molar-refractivity contribution in [1.82, 2.24) is 10.4 Å². The minimum Gasteiger partial charge on any atom is -0.299 e. The number of nitrogens with one attached hydrogen (secondary N) is 1. The molecule has 0 radical (unpaired) electrons. The molecule has 84 valence electrons. The number of amides is 1. The minimum absolute atomic E-state index is 0.146. The topological polar surface area (TPSA) is 71.4 Å². The van der Waals surface area contributed by atoms with Crippen molar-refractivity contribution in [2.75, 3.05) is 0 Å². The third-order valence-electron chi connectivity index (χ3n) is 1.86. The summed E-state index contributed by atoms with van der Waals surface area (Å²) in [6.07, 6.45) is 3.14. The third kappa shape index (κ3) is 4.00. The molecule has 0 unspecified atom stereocenters. The highest BCUT2D eigenvalue weighted by molar-refractivity contribution is 6.00. The van der Waals surface area contributed by atoms with E-state index in [1.54, 1.807) is 31.5 Å². The molecule has 0 saturated heterocycles. The molecule has 0 aromatic carbocycles. The number of Topliss-reactive ketones (excluding diaryl/α,β-unsaturated/α-hetero) is 1. The van der Waals surface area contributed by atoms with E-state index in [4.69, 9.17) is 0 Å². The number of ketones is 1. The van der Waals surface area contributed by atoms with Crippen LogP contribution in [0.2, 0.25) is 0 Å². The summed E-state index contributed by atoms with van der Waals surface area (Å²) in [5.41, 5.74) is 3.86. The van der Waals surface area contributed by atoms with Crippen LogP contribution in [0.15, 0.2) is 29.6 Å². The van der Waals surface area contributed by atoms with Crippen molar-refractivity contribution in [3.8, 4) is 0 Å². The molecule has 0 fully saturated rings. The Labute approximate surface area is 93.6 Å². The Bertz CT molecular complexity index is 412. The van der Waals surface area contributed by atoms with Gasteiger partial charge in [-0.3, -0.25) is 14.6 Å². The van der Waals surface area contributed by atoms with Crippen molar-refractivity contribution in [2.24, 2.45) is 5.10 Å². The van der Waals surface area contributed by atoms with Gasteiger partial charge in [-0.05, 0) is 26.0 Å². The van der Waals surface area contributed by atoms with Gasteiger partial charge < -0.3 is 0 Å². The number of aromatic nitrogens is 1. The first-order chi connectivity index (χ1) is 7.59. The third-order valence-corrected chi connectivity index (χ3v) is 1.86. The second-order valence-corrected chi connectivity index (χ2v) is 3.35. The van der Waals surface area contributed by atoms with Crippen LogP contribution >= 0.6 is 0 Å². The van der Waals surface area contributed by atoms with Crippen LogP contribution < -0.4 is 5.43 Å². The zero-order chi connectivity index (χ0) is 12.0. The highest BCUT2D eigenvalue weighted by Gasteiger charge is 2.03. The molecule has 1 rings (SSSR count). The zero-order valence-electron chi connectivity index (χ0n) is 9.23. The molecule has 1 aromatic heterocycles. The minimum atomic E-state index is -0.402. The molecule has 1 aromatic rings.